The molecule has 0 atom stereocenters. The number of H-pyrrole nitrogens is 1. The number of halogens is 3. The maximum absolute atomic E-state index is 13.1. The van der Waals surface area contributed by atoms with E-state index in [0.29, 0.717) is 0 Å². The Labute approximate surface area is 150 Å². The number of nitrogens with zero attached hydrogens (tertiary/aromatic N) is 1. The molecule has 1 aromatic heterocycles. The molecule has 1 heterocycles. The Kier molecular flexibility index (Phi) is 5.52. The number of aromatic amines is 1. The lowest BCUT2D eigenvalue weighted by Gasteiger charge is -2.13. The molecular formula is C16H14F3N3O5. The fourth-order valence-corrected chi connectivity index (χ4v) is 2.34. The van der Waals surface area contributed by atoms with Crippen molar-refractivity contribution in [2.75, 3.05) is 19.0 Å². The van der Waals surface area contributed by atoms with E-state index < -0.39 is 39.4 Å². The predicted octanol–water partition coefficient (Wildman–Crippen LogP) is 3.19. The lowest BCUT2D eigenvalue weighted by atomic mass is 10.0. The van der Waals surface area contributed by atoms with Crippen LogP contribution in [0.1, 0.15) is 22.8 Å². The highest BCUT2D eigenvalue weighted by molar-refractivity contribution is 5.95. The molecule has 0 saturated heterocycles. The summed E-state index contributed by atoms with van der Waals surface area (Å²) in [4.78, 5) is 36.3. The highest BCUT2D eigenvalue weighted by Crippen LogP contribution is 2.34. The van der Waals surface area contributed by atoms with Crippen molar-refractivity contribution in [1.29, 1.82) is 0 Å². The molecule has 2 rings (SSSR count). The lowest BCUT2D eigenvalue weighted by Crippen LogP contribution is -2.19. The van der Waals surface area contributed by atoms with Crippen molar-refractivity contribution in [3.8, 4) is 11.3 Å². The summed E-state index contributed by atoms with van der Waals surface area (Å²) >= 11 is 0. The van der Waals surface area contributed by atoms with Crippen molar-refractivity contribution < 1.29 is 27.6 Å². The zero-order valence-electron chi connectivity index (χ0n) is 14.1. The molecule has 2 aromatic rings. The van der Waals surface area contributed by atoms with Gasteiger partial charge in [0.15, 0.2) is 0 Å². The monoisotopic (exact) mass is 385 g/mol. The first-order valence-corrected chi connectivity index (χ1v) is 7.57. The number of anilines is 1. The van der Waals surface area contributed by atoms with Crippen molar-refractivity contribution >= 4 is 17.3 Å². The Morgan fingerprint density at radius 1 is 1.30 bits per heavy atom. The van der Waals surface area contributed by atoms with Gasteiger partial charge >= 0.3 is 23.4 Å². The molecule has 11 heteroatoms. The van der Waals surface area contributed by atoms with Crippen LogP contribution in [0.2, 0.25) is 0 Å². The van der Waals surface area contributed by atoms with E-state index in [1.165, 1.54) is 20.0 Å². The molecule has 0 bridgehead atoms. The largest absolute Gasteiger partial charge is 0.462 e. The van der Waals surface area contributed by atoms with Gasteiger partial charge in [0.1, 0.15) is 5.56 Å². The molecule has 0 unspecified atom stereocenters. The summed E-state index contributed by atoms with van der Waals surface area (Å²) < 4.78 is 44.0. The smallest absolute Gasteiger partial charge is 0.416 e. The molecule has 1 aromatic carbocycles. The Balaban J connectivity index is 2.75. The molecule has 0 radical (unpaired) electrons. The molecule has 0 aliphatic carbocycles. The summed E-state index contributed by atoms with van der Waals surface area (Å²) in [5.41, 5.74) is -4.12. The number of esters is 1. The third kappa shape index (κ3) is 4.25. The number of benzene rings is 1. The zero-order chi connectivity index (χ0) is 20.4. The summed E-state index contributed by atoms with van der Waals surface area (Å²) in [5, 5.41) is 13.7. The van der Waals surface area contributed by atoms with Gasteiger partial charge in [-0.15, -0.1) is 0 Å². The Hall–Kier alpha value is -3.37. The molecule has 0 aliphatic heterocycles. The van der Waals surface area contributed by atoms with Crippen LogP contribution in [0.4, 0.5) is 24.5 Å². The van der Waals surface area contributed by atoms with Gasteiger partial charge in [0.05, 0.1) is 17.1 Å². The standard InChI is InChI=1S/C16H14F3N3O5/c1-3-27-15(24)11-7-12(21-14(23)13(11)22(25)26)8-4-9(16(17,18)19)6-10(5-8)20-2/h4-7,20H,3H2,1-2H3,(H,21,23). The Morgan fingerprint density at radius 2 is 1.96 bits per heavy atom. The molecule has 0 saturated carbocycles. The van der Waals surface area contributed by atoms with Gasteiger partial charge in [-0.1, -0.05) is 0 Å². The number of carbonyl (C=O) groups excluding carboxylic acids is 1. The van der Waals surface area contributed by atoms with Crippen LogP contribution in [-0.2, 0) is 10.9 Å². The van der Waals surface area contributed by atoms with Crippen LogP contribution < -0.4 is 10.9 Å². The van der Waals surface area contributed by atoms with Gasteiger partial charge in [-0.05, 0) is 31.2 Å². The highest BCUT2D eigenvalue weighted by Gasteiger charge is 2.32. The van der Waals surface area contributed by atoms with Crippen LogP contribution in [0, 0.1) is 10.1 Å². The summed E-state index contributed by atoms with van der Waals surface area (Å²) in [6, 6.07) is 3.83. The van der Waals surface area contributed by atoms with Crippen LogP contribution in [0.3, 0.4) is 0 Å². The molecule has 2 N–H and O–H groups in total. The average Bonchev–Trinajstić information content (AvgIpc) is 2.59. The molecule has 144 valence electrons. The van der Waals surface area contributed by atoms with Crippen molar-refractivity contribution in [1.82, 2.24) is 4.98 Å². The minimum atomic E-state index is -4.66. The molecule has 0 fully saturated rings. The number of pyridine rings is 1. The van der Waals surface area contributed by atoms with Crippen molar-refractivity contribution in [3.63, 3.8) is 0 Å². The van der Waals surface area contributed by atoms with E-state index in [4.69, 9.17) is 4.74 Å². The third-order valence-electron chi connectivity index (χ3n) is 3.55. The number of ether oxygens (including phenoxy) is 1. The van der Waals surface area contributed by atoms with Gasteiger partial charge < -0.3 is 15.0 Å². The summed E-state index contributed by atoms with van der Waals surface area (Å²) in [6.45, 7) is 1.36. The fraction of sp³-hybridized carbons (Fsp3) is 0.250. The maximum atomic E-state index is 13.1. The molecule has 0 aliphatic rings. The molecule has 0 spiro atoms. The first-order valence-electron chi connectivity index (χ1n) is 7.57. The maximum Gasteiger partial charge on any atom is 0.416 e. The van der Waals surface area contributed by atoms with E-state index in [9.17, 15) is 32.9 Å². The van der Waals surface area contributed by atoms with Crippen LogP contribution in [0.25, 0.3) is 11.3 Å². The van der Waals surface area contributed by atoms with E-state index >= 15 is 0 Å². The quantitative estimate of drug-likeness (QED) is 0.464. The van der Waals surface area contributed by atoms with Gasteiger partial charge in [0, 0.05) is 24.0 Å². The van der Waals surface area contributed by atoms with Crippen LogP contribution in [0.5, 0.6) is 0 Å². The van der Waals surface area contributed by atoms with Gasteiger partial charge in [-0.25, -0.2) is 4.79 Å². The number of hydrogen-bond acceptors (Lipinski definition) is 6. The minimum absolute atomic E-state index is 0.0910. The highest BCUT2D eigenvalue weighted by atomic mass is 19.4. The van der Waals surface area contributed by atoms with Crippen molar-refractivity contribution in [2.24, 2.45) is 0 Å². The van der Waals surface area contributed by atoms with Gasteiger partial charge in [0.25, 0.3) is 0 Å². The van der Waals surface area contributed by atoms with Crippen molar-refractivity contribution in [2.45, 2.75) is 13.1 Å². The number of aromatic nitrogens is 1. The zero-order valence-corrected chi connectivity index (χ0v) is 14.1. The first kappa shape index (κ1) is 19.9. The van der Waals surface area contributed by atoms with E-state index in [0.717, 1.165) is 18.2 Å². The number of nitrogens with one attached hydrogen (secondary N) is 2. The summed E-state index contributed by atoms with van der Waals surface area (Å²) in [6.07, 6.45) is -4.66. The summed E-state index contributed by atoms with van der Waals surface area (Å²) in [5.74, 6) is -1.13. The number of alkyl halides is 3. The lowest BCUT2D eigenvalue weighted by molar-refractivity contribution is -0.386. The van der Waals surface area contributed by atoms with Gasteiger partial charge in [0.2, 0.25) is 0 Å². The second-order valence-electron chi connectivity index (χ2n) is 5.30. The Morgan fingerprint density at radius 3 is 2.48 bits per heavy atom. The van der Waals surface area contributed by atoms with E-state index in [2.05, 4.69) is 10.3 Å². The molecule has 8 nitrogen and oxygen atoms in total. The van der Waals surface area contributed by atoms with Crippen LogP contribution in [0.15, 0.2) is 29.1 Å². The topological polar surface area (TPSA) is 114 Å². The first-order chi connectivity index (χ1) is 12.6. The minimum Gasteiger partial charge on any atom is -0.462 e. The van der Waals surface area contributed by atoms with Gasteiger partial charge in [-0.2, -0.15) is 13.2 Å². The number of nitro groups is 1. The number of hydrogen-bond donors (Lipinski definition) is 2. The fourth-order valence-electron chi connectivity index (χ4n) is 2.34. The van der Waals surface area contributed by atoms with Crippen LogP contribution >= 0.6 is 0 Å². The van der Waals surface area contributed by atoms with Gasteiger partial charge in [-0.3, -0.25) is 14.9 Å². The second kappa shape index (κ2) is 7.48. The van der Waals surface area contributed by atoms with Crippen molar-refractivity contribution in [3.05, 3.63) is 55.9 Å². The average molecular weight is 385 g/mol. The second-order valence-corrected chi connectivity index (χ2v) is 5.30. The summed E-state index contributed by atoms with van der Waals surface area (Å²) in [7, 11) is 1.40. The molecular weight excluding hydrogens is 371 g/mol. The molecule has 0 amide bonds. The van der Waals surface area contributed by atoms with Crippen LogP contribution in [-0.4, -0.2) is 29.5 Å². The Bertz CT molecular complexity index is 953. The van der Waals surface area contributed by atoms with E-state index in [1.54, 1.807) is 0 Å². The normalized spacial score (nSPS) is 11.1. The SMILES string of the molecule is CCOC(=O)c1cc(-c2cc(NC)cc(C(F)(F)F)c2)[nH]c(=O)c1[N+](=O)[O-]. The third-order valence-corrected chi connectivity index (χ3v) is 3.55. The number of rotatable bonds is 5. The molecule has 27 heavy (non-hydrogen) atoms. The predicted molar refractivity (Wildman–Crippen MR) is 89.7 cm³/mol. The number of carbonyl (C=O) groups is 1. The van der Waals surface area contributed by atoms with E-state index in [-0.39, 0.29) is 23.6 Å². The van der Waals surface area contributed by atoms with E-state index in [1.807, 2.05) is 0 Å².